The Morgan fingerprint density at radius 1 is 1.05 bits per heavy atom. The van der Waals surface area contributed by atoms with E-state index in [-0.39, 0.29) is 6.10 Å². The number of rotatable bonds is 0. The summed E-state index contributed by atoms with van der Waals surface area (Å²) in [5.41, 5.74) is 2.63. The van der Waals surface area contributed by atoms with Crippen molar-refractivity contribution in [2.45, 2.75) is 75.2 Å². The summed E-state index contributed by atoms with van der Waals surface area (Å²) in [5.74, 6) is 2.83. The van der Waals surface area contributed by atoms with Gasteiger partial charge in [-0.25, -0.2) is 0 Å². The van der Waals surface area contributed by atoms with Crippen molar-refractivity contribution in [3.05, 3.63) is 11.6 Å². The number of halogens is 1. The van der Waals surface area contributed by atoms with Gasteiger partial charge in [0.25, 0.3) is 0 Å². The SMILES string of the molecule is CC12CCC3C(CCC4=CC(O)CC[C@@]43C)C1CCC2I. The molecule has 0 radical (unpaired) electrons. The number of hydrogen-bond donors (Lipinski definition) is 1. The van der Waals surface area contributed by atoms with Crippen LogP contribution in [0.25, 0.3) is 0 Å². The highest BCUT2D eigenvalue weighted by atomic mass is 127. The Bertz CT molecular complexity index is 472. The Labute approximate surface area is 143 Å². The van der Waals surface area contributed by atoms with E-state index in [1.807, 2.05) is 0 Å². The van der Waals surface area contributed by atoms with Crippen molar-refractivity contribution in [3.8, 4) is 0 Å². The van der Waals surface area contributed by atoms with Gasteiger partial charge >= 0.3 is 0 Å². The smallest absolute Gasteiger partial charge is 0.0724 e. The van der Waals surface area contributed by atoms with Crippen LogP contribution in [-0.4, -0.2) is 15.1 Å². The van der Waals surface area contributed by atoms with Crippen molar-refractivity contribution < 1.29 is 5.11 Å². The summed E-state index contributed by atoms with van der Waals surface area (Å²) in [6.07, 6.45) is 12.7. The normalized spacial score (nSPS) is 56.2. The van der Waals surface area contributed by atoms with E-state index in [1.54, 1.807) is 5.57 Å². The van der Waals surface area contributed by atoms with Crippen molar-refractivity contribution in [3.63, 3.8) is 0 Å². The molecule has 0 amide bonds. The molecule has 0 aliphatic heterocycles. The van der Waals surface area contributed by atoms with Crippen LogP contribution in [0.15, 0.2) is 11.6 Å². The molecular weight excluding hydrogens is 371 g/mol. The van der Waals surface area contributed by atoms with Gasteiger partial charge in [0.1, 0.15) is 0 Å². The molecule has 6 unspecified atom stereocenters. The lowest BCUT2D eigenvalue weighted by atomic mass is 9.47. The van der Waals surface area contributed by atoms with Crippen LogP contribution in [-0.2, 0) is 0 Å². The number of aliphatic hydroxyl groups is 1. The van der Waals surface area contributed by atoms with Crippen LogP contribution in [0.3, 0.4) is 0 Å². The highest BCUT2D eigenvalue weighted by Crippen LogP contribution is 2.66. The number of hydrogen-bond acceptors (Lipinski definition) is 1. The van der Waals surface area contributed by atoms with E-state index in [0.29, 0.717) is 10.8 Å². The van der Waals surface area contributed by atoms with Crippen molar-refractivity contribution in [2.24, 2.45) is 28.6 Å². The first-order valence-electron chi connectivity index (χ1n) is 8.98. The third kappa shape index (κ3) is 2.03. The molecule has 0 spiro atoms. The zero-order valence-corrected chi connectivity index (χ0v) is 15.6. The molecule has 1 N–H and O–H groups in total. The van der Waals surface area contributed by atoms with Crippen LogP contribution in [0.1, 0.15) is 65.2 Å². The number of fused-ring (bicyclic) bond motifs is 5. The number of aliphatic hydroxyl groups excluding tert-OH is 1. The van der Waals surface area contributed by atoms with E-state index in [4.69, 9.17) is 0 Å². The minimum atomic E-state index is -0.163. The molecule has 4 rings (SSSR count). The Morgan fingerprint density at radius 2 is 1.86 bits per heavy atom. The maximum absolute atomic E-state index is 10.0. The lowest BCUT2D eigenvalue weighted by Crippen LogP contribution is -2.50. The highest BCUT2D eigenvalue weighted by molar-refractivity contribution is 14.1. The van der Waals surface area contributed by atoms with Gasteiger partial charge in [0.05, 0.1) is 6.10 Å². The molecule has 0 aromatic rings. The summed E-state index contributed by atoms with van der Waals surface area (Å²) in [5, 5.41) is 10.0. The molecule has 4 aliphatic rings. The predicted molar refractivity (Wildman–Crippen MR) is 95.5 cm³/mol. The predicted octanol–water partition coefficient (Wildman–Crippen LogP) is 5.11. The first-order valence-corrected chi connectivity index (χ1v) is 10.2. The van der Waals surface area contributed by atoms with Crippen molar-refractivity contribution in [1.29, 1.82) is 0 Å². The molecule has 0 bridgehead atoms. The van der Waals surface area contributed by atoms with Gasteiger partial charge in [-0.05, 0) is 80.0 Å². The molecule has 0 saturated heterocycles. The van der Waals surface area contributed by atoms with Crippen LogP contribution in [0.2, 0.25) is 0 Å². The fourth-order valence-corrected chi connectivity index (χ4v) is 7.78. The van der Waals surface area contributed by atoms with Gasteiger partial charge in [0, 0.05) is 3.92 Å². The maximum Gasteiger partial charge on any atom is 0.0724 e. The molecular formula is C19H29IO. The van der Waals surface area contributed by atoms with E-state index in [2.05, 4.69) is 42.5 Å². The molecule has 118 valence electrons. The highest BCUT2D eigenvalue weighted by Gasteiger charge is 2.58. The quantitative estimate of drug-likeness (QED) is 0.340. The molecule has 4 aliphatic carbocycles. The van der Waals surface area contributed by atoms with Crippen LogP contribution >= 0.6 is 22.6 Å². The Hall–Kier alpha value is 0.430. The lowest BCUT2D eigenvalue weighted by Gasteiger charge is -2.58. The van der Waals surface area contributed by atoms with Crippen molar-refractivity contribution >= 4 is 22.6 Å². The molecule has 21 heavy (non-hydrogen) atoms. The molecule has 1 nitrogen and oxygen atoms in total. The number of alkyl halides is 1. The Kier molecular flexibility index (Phi) is 3.54. The summed E-state index contributed by atoms with van der Waals surface area (Å²) >= 11 is 2.75. The average Bonchev–Trinajstić information content (AvgIpc) is 2.76. The summed E-state index contributed by atoms with van der Waals surface area (Å²) in [4.78, 5) is 0. The molecule has 0 aromatic heterocycles. The molecule has 7 atom stereocenters. The largest absolute Gasteiger partial charge is 0.389 e. The second kappa shape index (κ2) is 4.96. The fraction of sp³-hybridized carbons (Fsp3) is 0.895. The van der Waals surface area contributed by atoms with E-state index in [9.17, 15) is 5.11 Å². The van der Waals surface area contributed by atoms with Gasteiger partial charge < -0.3 is 5.11 Å². The van der Waals surface area contributed by atoms with Gasteiger partial charge in [-0.3, -0.25) is 0 Å². The van der Waals surface area contributed by atoms with E-state index in [1.165, 1.54) is 44.9 Å². The molecule has 0 aromatic carbocycles. The van der Waals surface area contributed by atoms with E-state index < -0.39 is 0 Å². The minimum absolute atomic E-state index is 0.163. The molecule has 3 fully saturated rings. The van der Waals surface area contributed by atoms with Gasteiger partial charge in [-0.2, -0.15) is 0 Å². The van der Waals surface area contributed by atoms with Gasteiger partial charge in [0.2, 0.25) is 0 Å². The average molecular weight is 400 g/mol. The summed E-state index contributed by atoms with van der Waals surface area (Å²) < 4.78 is 0.902. The first-order chi connectivity index (χ1) is 9.95. The zero-order valence-electron chi connectivity index (χ0n) is 13.4. The first kappa shape index (κ1) is 15.0. The van der Waals surface area contributed by atoms with Crippen LogP contribution < -0.4 is 0 Å². The van der Waals surface area contributed by atoms with Crippen LogP contribution in [0.5, 0.6) is 0 Å². The second-order valence-corrected chi connectivity index (χ2v) is 10.2. The molecule has 0 heterocycles. The molecule has 2 heteroatoms. The summed E-state index contributed by atoms with van der Waals surface area (Å²) in [6.45, 7) is 5.12. The van der Waals surface area contributed by atoms with Crippen LogP contribution in [0, 0.1) is 28.6 Å². The third-order valence-corrected chi connectivity index (χ3v) is 10.0. The lowest BCUT2D eigenvalue weighted by molar-refractivity contribution is -0.0386. The van der Waals surface area contributed by atoms with E-state index in [0.717, 1.165) is 28.1 Å². The van der Waals surface area contributed by atoms with Crippen molar-refractivity contribution in [2.75, 3.05) is 0 Å². The number of allylic oxidation sites excluding steroid dienone is 1. The van der Waals surface area contributed by atoms with Gasteiger partial charge in [-0.1, -0.05) is 48.1 Å². The Morgan fingerprint density at radius 3 is 2.67 bits per heavy atom. The fourth-order valence-electron chi connectivity index (χ4n) is 6.65. The topological polar surface area (TPSA) is 20.2 Å². The standard InChI is InChI=1S/C19H29IO/c1-18-9-7-13(21)11-12(18)3-4-14-15-5-6-17(20)19(15,2)10-8-16(14)18/h11,13-17,21H,3-10H2,1-2H3/t13?,14?,15?,16?,17?,18-,19?/m0/s1. The monoisotopic (exact) mass is 400 g/mol. The van der Waals surface area contributed by atoms with Gasteiger partial charge in [-0.15, -0.1) is 0 Å². The zero-order chi connectivity index (χ0) is 14.8. The summed E-state index contributed by atoms with van der Waals surface area (Å²) in [7, 11) is 0. The van der Waals surface area contributed by atoms with Crippen LogP contribution in [0.4, 0.5) is 0 Å². The molecule has 3 saturated carbocycles. The summed E-state index contributed by atoms with van der Waals surface area (Å²) in [6, 6.07) is 0. The van der Waals surface area contributed by atoms with Gasteiger partial charge in [0.15, 0.2) is 0 Å². The second-order valence-electron chi connectivity index (χ2n) is 8.72. The third-order valence-electron chi connectivity index (χ3n) is 7.97. The maximum atomic E-state index is 10.0. The Balaban J connectivity index is 1.67. The van der Waals surface area contributed by atoms with Crippen molar-refractivity contribution in [1.82, 2.24) is 0 Å². The van der Waals surface area contributed by atoms with E-state index >= 15 is 0 Å². The minimum Gasteiger partial charge on any atom is -0.389 e.